The molecule has 7 rings (SSSR count). The van der Waals surface area contributed by atoms with Crippen LogP contribution in [0.3, 0.4) is 0 Å². The lowest BCUT2D eigenvalue weighted by Gasteiger charge is -2.32. The van der Waals surface area contributed by atoms with E-state index in [2.05, 4.69) is 16.3 Å². The van der Waals surface area contributed by atoms with E-state index in [1.165, 1.54) is 17.0 Å². The first-order valence-corrected chi connectivity index (χ1v) is 16.5. The van der Waals surface area contributed by atoms with Crippen LogP contribution in [0.2, 0.25) is 0 Å². The maximum atomic E-state index is 15.6. The van der Waals surface area contributed by atoms with Gasteiger partial charge in [-0.25, -0.2) is 18.0 Å². The summed E-state index contributed by atoms with van der Waals surface area (Å²) in [5.41, 5.74) is 7.66. The summed E-state index contributed by atoms with van der Waals surface area (Å²) in [6.07, 6.45) is 1.08. The lowest BCUT2D eigenvalue weighted by atomic mass is 9.95. The molecule has 0 aliphatic carbocycles. The van der Waals surface area contributed by atoms with E-state index in [-0.39, 0.29) is 42.3 Å². The number of benzene rings is 2. The summed E-state index contributed by atoms with van der Waals surface area (Å²) in [4.78, 5) is 31.0. The summed E-state index contributed by atoms with van der Waals surface area (Å²) in [6.45, 7) is 15.0. The van der Waals surface area contributed by atoms with Crippen molar-refractivity contribution in [1.29, 1.82) is 0 Å². The molecule has 2 aromatic heterocycles. The number of hydrogen-bond donors (Lipinski definition) is 1. The number of nitrogen functional groups attached to an aromatic ring is 1. The molecule has 244 valence electrons. The van der Waals surface area contributed by atoms with Crippen molar-refractivity contribution in [2.75, 3.05) is 50.0 Å². The molecule has 4 atom stereocenters. The molecule has 1 amide bonds. The number of alkyl halides is 2. The minimum absolute atomic E-state index is 0.0565. The topological polar surface area (TPSA) is 92.2 Å². The van der Waals surface area contributed by atoms with E-state index in [4.69, 9.17) is 27.0 Å². The fraction of sp³-hybridized carbons (Fsp3) is 0.412. The highest BCUT2D eigenvalue weighted by molar-refractivity contribution is 7.23. The number of aromatic nitrogens is 2. The van der Waals surface area contributed by atoms with Crippen molar-refractivity contribution in [3.8, 4) is 17.1 Å². The first kappa shape index (κ1) is 31.2. The molecule has 5 heterocycles. The van der Waals surface area contributed by atoms with Crippen molar-refractivity contribution in [1.82, 2.24) is 19.8 Å². The van der Waals surface area contributed by atoms with Crippen LogP contribution in [0.25, 0.3) is 37.0 Å². The Morgan fingerprint density at radius 1 is 1.28 bits per heavy atom. The highest BCUT2D eigenvalue weighted by Gasteiger charge is 2.49. The molecule has 2 aromatic carbocycles. The van der Waals surface area contributed by atoms with Gasteiger partial charge in [0.05, 0.1) is 39.9 Å². The molecular formula is C34H34F3N7O2S. The zero-order valence-corrected chi connectivity index (χ0v) is 26.7. The van der Waals surface area contributed by atoms with Crippen LogP contribution in [0, 0.1) is 12.4 Å². The number of ether oxygens (including phenoxy) is 1. The molecule has 0 spiro atoms. The average molecular weight is 662 g/mol. The maximum Gasteiger partial charge on any atom is 0.319 e. The van der Waals surface area contributed by atoms with Gasteiger partial charge in [-0.3, -0.25) is 9.69 Å². The first-order valence-electron chi connectivity index (χ1n) is 15.7. The Kier molecular flexibility index (Phi) is 7.96. The minimum Gasteiger partial charge on any atom is -0.461 e. The van der Waals surface area contributed by atoms with E-state index in [9.17, 15) is 13.6 Å². The van der Waals surface area contributed by atoms with Gasteiger partial charge in [-0.15, -0.1) is 11.3 Å². The average Bonchev–Trinajstić information content (AvgIpc) is 3.81. The lowest BCUT2D eigenvalue weighted by molar-refractivity contribution is -0.125. The quantitative estimate of drug-likeness (QED) is 0.175. The SMILES string of the molecule is [C-]#[N+]c1c(N)sc2c(F)ccc(-c3ccc4c(N(CC)[C@H]5CN(C(=O)C=C)C[C@H]5F)nc(OC[C@@]56CCCN5C[C@H](F)C6)nc4c3)c12. The number of hydrogen-bond acceptors (Lipinski definition) is 8. The third kappa shape index (κ3) is 5.23. The van der Waals surface area contributed by atoms with Crippen LogP contribution in [0.1, 0.15) is 26.2 Å². The van der Waals surface area contributed by atoms with Crippen molar-refractivity contribution in [2.45, 2.75) is 50.1 Å². The van der Waals surface area contributed by atoms with Crippen molar-refractivity contribution >= 4 is 54.7 Å². The van der Waals surface area contributed by atoms with Gasteiger partial charge in [-0.2, -0.15) is 9.97 Å². The molecule has 2 N–H and O–H groups in total. The Hall–Kier alpha value is -4.41. The zero-order chi connectivity index (χ0) is 33.0. The minimum atomic E-state index is -1.33. The normalized spacial score (nSPS) is 24.1. The Morgan fingerprint density at radius 3 is 2.87 bits per heavy atom. The van der Waals surface area contributed by atoms with E-state index in [0.29, 0.717) is 57.4 Å². The highest BCUT2D eigenvalue weighted by atomic mass is 32.1. The molecule has 3 fully saturated rings. The van der Waals surface area contributed by atoms with E-state index >= 15 is 4.39 Å². The van der Waals surface area contributed by atoms with Gasteiger partial charge >= 0.3 is 6.01 Å². The maximum absolute atomic E-state index is 15.6. The van der Waals surface area contributed by atoms with Crippen molar-refractivity contribution in [3.05, 3.63) is 60.2 Å². The number of rotatable bonds is 8. The van der Waals surface area contributed by atoms with E-state index < -0.39 is 29.7 Å². The molecule has 47 heavy (non-hydrogen) atoms. The Labute approximate surface area is 274 Å². The number of likely N-dealkylation sites (N-methyl/N-ethyl adjacent to an activating group) is 1. The highest BCUT2D eigenvalue weighted by Crippen LogP contribution is 2.47. The van der Waals surface area contributed by atoms with Gasteiger partial charge in [-0.1, -0.05) is 18.7 Å². The molecule has 9 nitrogen and oxygen atoms in total. The standard InChI is InChI=1S/C34H34F3N7O2S/c1-4-27(45)42-16-24(37)26(17-42)44(5-2)32-22-8-7-19(21-9-10-23(36)30-28(21)29(39-3)31(38)47-30)13-25(22)40-33(41-32)46-18-34-11-6-12-43(34)15-20(35)14-34/h4,7-10,13,20,24,26H,1,5-6,11-12,14-18,38H2,2H3/t20-,24-,26+,34+/m1/s1. The molecule has 0 unspecified atom stereocenters. The van der Waals surface area contributed by atoms with Crippen LogP contribution in [0.15, 0.2) is 43.0 Å². The van der Waals surface area contributed by atoms with E-state index in [1.54, 1.807) is 6.07 Å². The summed E-state index contributed by atoms with van der Waals surface area (Å²) in [5, 5.41) is 1.30. The molecule has 0 radical (unpaired) electrons. The van der Waals surface area contributed by atoms with E-state index in [0.717, 1.165) is 30.7 Å². The number of carbonyl (C=O) groups is 1. The second kappa shape index (κ2) is 12.0. The molecule has 13 heteroatoms. The third-order valence-electron chi connectivity index (χ3n) is 9.82. The van der Waals surface area contributed by atoms with Crippen molar-refractivity contribution in [2.24, 2.45) is 0 Å². The summed E-state index contributed by atoms with van der Waals surface area (Å²) in [5.74, 6) is -0.353. The van der Waals surface area contributed by atoms with Gasteiger partial charge in [0.25, 0.3) is 0 Å². The van der Waals surface area contributed by atoms with Gasteiger partial charge in [0, 0.05) is 36.8 Å². The Bertz CT molecular complexity index is 1950. The third-order valence-corrected chi connectivity index (χ3v) is 10.8. The van der Waals surface area contributed by atoms with Gasteiger partial charge in [0.1, 0.15) is 30.6 Å². The summed E-state index contributed by atoms with van der Waals surface area (Å²) in [6, 6.07) is 7.86. The zero-order valence-electron chi connectivity index (χ0n) is 25.9. The fourth-order valence-corrected chi connectivity index (χ4v) is 8.55. The van der Waals surface area contributed by atoms with Crippen molar-refractivity contribution in [3.63, 3.8) is 0 Å². The molecule has 3 aliphatic rings. The summed E-state index contributed by atoms with van der Waals surface area (Å²) in [7, 11) is 0. The fourth-order valence-electron chi connectivity index (χ4n) is 7.61. The number of carbonyl (C=O) groups excluding carboxylic acids is 1. The molecular weight excluding hydrogens is 627 g/mol. The number of nitrogens with zero attached hydrogens (tertiary/aromatic N) is 6. The van der Waals surface area contributed by atoms with Crippen LogP contribution < -0.4 is 15.4 Å². The molecule has 3 aliphatic heterocycles. The lowest BCUT2D eigenvalue weighted by Crippen LogP contribution is -2.44. The Morgan fingerprint density at radius 2 is 2.11 bits per heavy atom. The van der Waals surface area contributed by atoms with Crippen LogP contribution in [0.4, 0.5) is 29.7 Å². The number of likely N-dealkylation sites (tertiary alicyclic amines) is 1. The van der Waals surface area contributed by atoms with Crippen LogP contribution >= 0.6 is 11.3 Å². The summed E-state index contributed by atoms with van der Waals surface area (Å²) < 4.78 is 51.5. The van der Waals surface area contributed by atoms with Crippen LogP contribution in [0.5, 0.6) is 6.01 Å². The van der Waals surface area contributed by atoms with Gasteiger partial charge < -0.3 is 20.3 Å². The van der Waals surface area contributed by atoms with Crippen LogP contribution in [-0.4, -0.2) is 88.9 Å². The van der Waals surface area contributed by atoms with Gasteiger partial charge in [0.15, 0.2) is 0 Å². The predicted molar refractivity (Wildman–Crippen MR) is 178 cm³/mol. The number of halogens is 3. The van der Waals surface area contributed by atoms with Gasteiger partial charge in [0.2, 0.25) is 11.6 Å². The van der Waals surface area contributed by atoms with Crippen molar-refractivity contribution < 1.29 is 22.7 Å². The molecule has 3 saturated heterocycles. The molecule has 4 aromatic rings. The largest absolute Gasteiger partial charge is 0.461 e. The smallest absolute Gasteiger partial charge is 0.319 e. The number of thiophene rings is 1. The molecule has 0 saturated carbocycles. The summed E-state index contributed by atoms with van der Waals surface area (Å²) >= 11 is 1.03. The van der Waals surface area contributed by atoms with Crippen LogP contribution in [-0.2, 0) is 4.79 Å². The van der Waals surface area contributed by atoms with Gasteiger partial charge in [-0.05, 0) is 61.7 Å². The second-order valence-corrected chi connectivity index (χ2v) is 13.5. The second-order valence-electron chi connectivity index (χ2n) is 12.5. The molecule has 0 bridgehead atoms. The Balaban J connectivity index is 1.34. The number of amides is 1. The predicted octanol–water partition coefficient (Wildman–Crippen LogP) is 6.30. The number of nitrogens with two attached hydrogens (primary N) is 1. The number of fused-ring (bicyclic) bond motifs is 3. The van der Waals surface area contributed by atoms with E-state index in [1.807, 2.05) is 30.0 Å². The number of anilines is 2. The first-order chi connectivity index (χ1) is 22.7. The monoisotopic (exact) mass is 661 g/mol.